The minimum absolute atomic E-state index is 0.0419. The molecule has 3 aliphatic rings. The van der Waals surface area contributed by atoms with E-state index in [2.05, 4.69) is 5.32 Å². The first-order valence-electron chi connectivity index (χ1n) is 13.4. The number of hydrogen-bond acceptors (Lipinski definition) is 11. The van der Waals surface area contributed by atoms with E-state index >= 15 is 0 Å². The molecule has 3 aliphatic carbocycles. The topological polar surface area (TPSA) is 214 Å². The van der Waals surface area contributed by atoms with Crippen LogP contribution in [0, 0.1) is 11.8 Å². The zero-order valence-electron chi connectivity index (χ0n) is 23.5. The van der Waals surface area contributed by atoms with Crippen LogP contribution in [0.25, 0.3) is 0 Å². The minimum atomic E-state index is -2.99. The Morgan fingerprint density at radius 1 is 1.10 bits per heavy atom. The second-order valence-electron chi connectivity index (χ2n) is 11.0. The number of phenolic OH excluding ortho intramolecular Hbond substituents is 1. The Kier molecular flexibility index (Phi) is 7.78. The number of amides is 2. The average molecular weight is 573 g/mol. The summed E-state index contributed by atoms with van der Waals surface area (Å²) in [6.07, 6.45) is -1.68. The number of hydrogen-bond donors (Lipinski definition) is 7. The maximum Gasteiger partial charge on any atom is 0.255 e. The molecule has 13 nitrogen and oxygen atoms in total. The Morgan fingerprint density at radius 3 is 2.24 bits per heavy atom. The SMILES string of the molecule is CCN(CC)CC(=O)Nc1ccc2c(c1O)C(=O)C1=C(O)[C@]3(O)C(=O)C(C(N)=O)=C(O)[C@@H](N(C)C)C3C(O)C1C2C. The number of carbonyl (C=O) groups excluding carboxylic acids is 4. The van der Waals surface area contributed by atoms with Crippen LogP contribution in [0.15, 0.2) is 34.8 Å². The van der Waals surface area contributed by atoms with Gasteiger partial charge in [-0.25, -0.2) is 0 Å². The molecule has 2 amide bonds. The number of anilines is 1. The molecule has 4 unspecified atom stereocenters. The van der Waals surface area contributed by atoms with Crippen molar-refractivity contribution >= 4 is 29.1 Å². The van der Waals surface area contributed by atoms with Crippen LogP contribution in [0.3, 0.4) is 0 Å². The first-order valence-corrected chi connectivity index (χ1v) is 13.4. The van der Waals surface area contributed by atoms with E-state index < -0.39 is 87.3 Å². The summed E-state index contributed by atoms with van der Waals surface area (Å²) in [5.74, 6) is -10.2. The largest absolute Gasteiger partial charge is 0.510 e. The normalized spacial score (nSPS) is 29.4. The summed E-state index contributed by atoms with van der Waals surface area (Å²) in [6, 6.07) is 1.61. The highest BCUT2D eigenvalue weighted by Gasteiger charge is 2.67. The van der Waals surface area contributed by atoms with Crippen molar-refractivity contribution in [1.82, 2.24) is 9.80 Å². The molecule has 4 rings (SSSR count). The summed E-state index contributed by atoms with van der Waals surface area (Å²) in [5, 5.41) is 59.4. The Bertz CT molecular complexity index is 1400. The quantitative estimate of drug-likeness (QED) is 0.170. The zero-order chi connectivity index (χ0) is 30.7. The average Bonchev–Trinajstić information content (AvgIpc) is 2.90. The van der Waals surface area contributed by atoms with E-state index in [9.17, 15) is 44.7 Å². The summed E-state index contributed by atoms with van der Waals surface area (Å²) < 4.78 is 0. The second kappa shape index (κ2) is 10.6. The number of phenols is 1. The molecule has 0 aromatic heterocycles. The van der Waals surface area contributed by atoms with Crippen molar-refractivity contribution in [2.75, 3.05) is 39.0 Å². The van der Waals surface area contributed by atoms with Gasteiger partial charge < -0.3 is 36.6 Å². The predicted octanol–water partition coefficient (Wildman–Crippen LogP) is -0.0673. The smallest absolute Gasteiger partial charge is 0.255 e. The number of rotatable bonds is 7. The lowest BCUT2D eigenvalue weighted by Crippen LogP contribution is -2.68. The molecule has 0 heterocycles. The van der Waals surface area contributed by atoms with Gasteiger partial charge in [0.15, 0.2) is 17.1 Å². The van der Waals surface area contributed by atoms with Gasteiger partial charge in [-0.1, -0.05) is 26.8 Å². The van der Waals surface area contributed by atoms with Gasteiger partial charge in [0.2, 0.25) is 11.7 Å². The molecule has 13 heteroatoms. The fraction of sp³-hybridized carbons (Fsp3) is 0.500. The van der Waals surface area contributed by atoms with Crippen molar-refractivity contribution in [3.05, 3.63) is 45.9 Å². The number of aliphatic hydroxyl groups is 4. The van der Waals surface area contributed by atoms with Gasteiger partial charge in [0.25, 0.3) is 5.91 Å². The Morgan fingerprint density at radius 2 is 1.71 bits per heavy atom. The fourth-order valence-electron chi connectivity index (χ4n) is 6.56. The van der Waals surface area contributed by atoms with Crippen molar-refractivity contribution in [3.8, 4) is 5.75 Å². The van der Waals surface area contributed by atoms with Gasteiger partial charge in [0.1, 0.15) is 17.1 Å². The van der Waals surface area contributed by atoms with Gasteiger partial charge in [-0.2, -0.15) is 0 Å². The molecule has 0 spiro atoms. The summed E-state index contributed by atoms with van der Waals surface area (Å²) >= 11 is 0. The number of aliphatic hydroxyl groups excluding tert-OH is 3. The van der Waals surface area contributed by atoms with E-state index in [4.69, 9.17) is 5.73 Å². The number of ketones is 2. The van der Waals surface area contributed by atoms with Crippen LogP contribution in [0.1, 0.15) is 42.6 Å². The number of primary amides is 1. The molecule has 41 heavy (non-hydrogen) atoms. The van der Waals surface area contributed by atoms with Crippen molar-refractivity contribution in [1.29, 1.82) is 0 Å². The van der Waals surface area contributed by atoms with Crippen LogP contribution in [-0.2, 0) is 14.4 Å². The van der Waals surface area contributed by atoms with Crippen LogP contribution in [0.2, 0.25) is 0 Å². The maximum absolute atomic E-state index is 13.9. The number of benzene rings is 1. The fourth-order valence-corrected chi connectivity index (χ4v) is 6.56. The molecule has 0 saturated carbocycles. The van der Waals surface area contributed by atoms with Crippen molar-refractivity contribution < 1.29 is 44.7 Å². The molecule has 0 radical (unpaired) electrons. The predicted molar refractivity (Wildman–Crippen MR) is 146 cm³/mol. The molecule has 222 valence electrons. The molecule has 0 bridgehead atoms. The number of likely N-dealkylation sites (N-methyl/N-ethyl adjacent to an activating group) is 2. The van der Waals surface area contributed by atoms with Gasteiger partial charge in [0, 0.05) is 11.5 Å². The maximum atomic E-state index is 13.9. The standard InChI is InChI=1S/C28H36N4O9/c1-6-32(7-2)10-14(33)30-13-9-8-12-11(3)15-17(22(35)16(12)21(13)34)25(38)28(41)19(23(15)36)20(31(4)5)24(37)18(26(28)39)27(29)40/h8-9,11,15,19-20,23,34,36-38,41H,6-7,10H2,1-5H3,(H2,29,40)(H,30,33)/t11?,15?,19?,20-,23?,28-/m0/s1. The third-order valence-corrected chi connectivity index (χ3v) is 8.67. The first kappa shape index (κ1) is 30.2. The van der Waals surface area contributed by atoms with E-state index in [0.29, 0.717) is 18.7 Å². The van der Waals surface area contributed by atoms with Crippen molar-refractivity contribution in [2.45, 2.75) is 44.4 Å². The van der Waals surface area contributed by atoms with Crippen LogP contribution < -0.4 is 11.1 Å². The van der Waals surface area contributed by atoms with Crippen LogP contribution in [0.5, 0.6) is 5.75 Å². The van der Waals surface area contributed by atoms with Gasteiger partial charge in [0.05, 0.1) is 35.9 Å². The number of nitrogens with one attached hydrogen (secondary N) is 1. The highest BCUT2D eigenvalue weighted by Crippen LogP contribution is 2.56. The molecule has 8 N–H and O–H groups in total. The van der Waals surface area contributed by atoms with E-state index in [1.807, 2.05) is 18.7 Å². The number of carbonyl (C=O) groups is 4. The number of Topliss-reactive ketones (excluding diaryl/α,β-unsaturated/α-hetero) is 2. The number of nitrogens with two attached hydrogens (primary N) is 1. The van der Waals surface area contributed by atoms with Crippen molar-refractivity contribution in [2.24, 2.45) is 17.6 Å². The molecule has 1 aromatic carbocycles. The monoisotopic (exact) mass is 572 g/mol. The highest BCUT2D eigenvalue weighted by molar-refractivity contribution is 6.25. The van der Waals surface area contributed by atoms with Crippen LogP contribution in [-0.4, -0.2) is 110 Å². The molecule has 6 atom stereocenters. The second-order valence-corrected chi connectivity index (χ2v) is 11.0. The van der Waals surface area contributed by atoms with E-state index in [1.54, 1.807) is 6.92 Å². The Hall–Kier alpha value is -3.78. The summed E-state index contributed by atoms with van der Waals surface area (Å²) in [7, 11) is 2.94. The summed E-state index contributed by atoms with van der Waals surface area (Å²) in [6.45, 7) is 6.70. The van der Waals surface area contributed by atoms with E-state index in [-0.39, 0.29) is 17.8 Å². The molecule has 0 fully saturated rings. The molecular weight excluding hydrogens is 536 g/mol. The zero-order valence-corrected chi connectivity index (χ0v) is 23.5. The lowest BCUT2D eigenvalue weighted by atomic mass is 9.55. The minimum Gasteiger partial charge on any atom is -0.510 e. The summed E-state index contributed by atoms with van der Waals surface area (Å²) in [5.41, 5.74) is 0.842. The molecule has 1 aromatic rings. The van der Waals surface area contributed by atoms with Gasteiger partial charge in [-0.15, -0.1) is 0 Å². The Balaban J connectivity index is 1.88. The third kappa shape index (κ3) is 4.31. The summed E-state index contributed by atoms with van der Waals surface area (Å²) in [4.78, 5) is 55.3. The van der Waals surface area contributed by atoms with E-state index in [0.717, 1.165) is 0 Å². The Labute approximate surface area is 236 Å². The highest BCUT2D eigenvalue weighted by atomic mass is 16.4. The van der Waals surface area contributed by atoms with Gasteiger partial charge in [-0.3, -0.25) is 29.0 Å². The molecular formula is C28H36N4O9. The van der Waals surface area contributed by atoms with Crippen LogP contribution >= 0.6 is 0 Å². The van der Waals surface area contributed by atoms with Crippen molar-refractivity contribution in [3.63, 3.8) is 0 Å². The third-order valence-electron chi connectivity index (χ3n) is 8.67. The number of aromatic hydroxyl groups is 1. The van der Waals surface area contributed by atoms with Gasteiger partial charge in [-0.05, 0) is 44.7 Å². The van der Waals surface area contributed by atoms with Gasteiger partial charge >= 0.3 is 0 Å². The number of nitrogens with zero attached hydrogens (tertiary/aromatic N) is 2. The first-order chi connectivity index (χ1) is 19.1. The van der Waals surface area contributed by atoms with E-state index in [1.165, 1.54) is 31.1 Å². The lowest BCUT2D eigenvalue weighted by molar-refractivity contribution is -0.162. The molecule has 0 aliphatic heterocycles. The lowest BCUT2D eigenvalue weighted by Gasteiger charge is -2.53. The van der Waals surface area contributed by atoms with Crippen LogP contribution in [0.4, 0.5) is 5.69 Å². The number of fused-ring (bicyclic) bond motifs is 3. The molecule has 0 saturated heterocycles.